The van der Waals surface area contributed by atoms with E-state index < -0.39 is 17.7 Å². The molecule has 5 rings (SSSR count). The second-order valence-electron chi connectivity index (χ2n) is 8.70. The lowest BCUT2D eigenvalue weighted by atomic mass is 9.78. The molecule has 1 saturated heterocycles. The van der Waals surface area contributed by atoms with Crippen molar-refractivity contribution in [2.75, 3.05) is 23.9 Å². The van der Waals surface area contributed by atoms with E-state index in [4.69, 9.17) is 38.0 Å². The fourth-order valence-corrected chi connectivity index (χ4v) is 5.45. The van der Waals surface area contributed by atoms with Gasteiger partial charge >= 0.3 is 0 Å². The summed E-state index contributed by atoms with van der Waals surface area (Å²) >= 11 is 12.0. The Balaban J connectivity index is 1.61. The molecule has 2 aliphatic rings. The monoisotopic (exact) mass is 523 g/mol. The predicted octanol–water partition coefficient (Wildman–Crippen LogP) is 5.55. The zero-order valence-corrected chi connectivity index (χ0v) is 21.7. The van der Waals surface area contributed by atoms with E-state index in [1.165, 1.54) is 0 Å². The van der Waals surface area contributed by atoms with Crippen LogP contribution in [0.4, 0.5) is 11.4 Å². The van der Waals surface area contributed by atoms with Gasteiger partial charge in [-0.2, -0.15) is 0 Å². The van der Waals surface area contributed by atoms with Crippen LogP contribution in [0.1, 0.15) is 25.5 Å². The van der Waals surface area contributed by atoms with Gasteiger partial charge in [0.25, 0.3) is 0 Å². The van der Waals surface area contributed by atoms with Crippen LogP contribution in [0, 0.1) is 5.92 Å². The van der Waals surface area contributed by atoms with E-state index in [9.17, 15) is 4.79 Å². The van der Waals surface area contributed by atoms with Crippen molar-refractivity contribution >= 4 is 46.2 Å². The largest absolute Gasteiger partial charge is 0.497 e. The second-order valence-corrected chi connectivity index (χ2v) is 9.52. The first-order valence-electron chi connectivity index (χ1n) is 11.6. The second kappa shape index (κ2) is 9.52. The molecule has 2 heterocycles. The van der Waals surface area contributed by atoms with Crippen LogP contribution in [-0.2, 0) is 4.79 Å². The molecular formula is C27H26ClN3O4S. The van der Waals surface area contributed by atoms with Crippen molar-refractivity contribution in [2.45, 2.75) is 25.6 Å². The molecule has 3 atom stereocenters. The summed E-state index contributed by atoms with van der Waals surface area (Å²) in [6.45, 7) is 4.28. The summed E-state index contributed by atoms with van der Waals surface area (Å²) in [6.07, 6.45) is 0. The van der Waals surface area contributed by atoms with Crippen LogP contribution in [-0.4, -0.2) is 30.5 Å². The maximum Gasteiger partial charge on any atom is 0.236 e. The van der Waals surface area contributed by atoms with Crippen LogP contribution in [0.5, 0.6) is 17.2 Å². The minimum atomic E-state index is -1.17. The lowest BCUT2D eigenvalue weighted by Crippen LogP contribution is -2.72. The molecule has 0 spiro atoms. The Bertz CT molecular complexity index is 1300. The Kier molecular flexibility index (Phi) is 6.40. The van der Waals surface area contributed by atoms with Crippen LogP contribution in [0.25, 0.3) is 0 Å². The van der Waals surface area contributed by atoms with Gasteiger partial charge in [-0.3, -0.25) is 9.69 Å². The van der Waals surface area contributed by atoms with Crippen molar-refractivity contribution in [1.29, 1.82) is 0 Å². The number of rotatable bonds is 6. The van der Waals surface area contributed by atoms with Gasteiger partial charge in [0, 0.05) is 22.0 Å². The number of nitrogens with one attached hydrogen (secondary N) is 2. The highest BCUT2D eigenvalue weighted by atomic mass is 35.5. The Labute approximate surface area is 220 Å². The molecule has 0 aromatic heterocycles. The summed E-state index contributed by atoms with van der Waals surface area (Å²) in [5.74, 6) is 1.02. The van der Waals surface area contributed by atoms with Crippen LogP contribution in [0.15, 0.2) is 66.7 Å². The molecule has 0 saturated carbocycles. The third-order valence-electron chi connectivity index (χ3n) is 6.51. The molecule has 3 aromatic carbocycles. The van der Waals surface area contributed by atoms with Crippen LogP contribution in [0.3, 0.4) is 0 Å². The molecule has 0 unspecified atom stereocenters. The van der Waals surface area contributed by atoms with Gasteiger partial charge in [0.15, 0.2) is 22.3 Å². The third-order valence-corrected chi connectivity index (χ3v) is 7.07. The van der Waals surface area contributed by atoms with Crippen molar-refractivity contribution in [1.82, 2.24) is 5.32 Å². The standard InChI is InChI=1S/C27H26ClN3O4S/c1-4-34-21-7-5-6-20-23-22(25(32)29-17-10-14-19(33-3)15-11-17)27(2,35-24(20)21)31(26(36)30-23)18-12-8-16(28)9-13-18/h5-15,22-23H,4H2,1-3H3,(H,29,32)(H,30,36)/t22-,23-,27+/m1/s1. The SMILES string of the molecule is CCOc1cccc2c1O[C@@]1(C)[C@@H](C(=O)Nc3ccc(OC)cc3)[C@@H]2NC(=S)N1c1ccc(Cl)cc1. The highest BCUT2D eigenvalue weighted by Gasteiger charge is 2.59. The maximum absolute atomic E-state index is 13.9. The molecule has 1 amide bonds. The van der Waals surface area contributed by atoms with Crippen molar-refractivity contribution in [2.24, 2.45) is 5.92 Å². The highest BCUT2D eigenvalue weighted by Crippen LogP contribution is 2.52. The molecule has 3 aromatic rings. The number of benzene rings is 3. The molecule has 2 aliphatic heterocycles. The molecule has 0 aliphatic carbocycles. The minimum Gasteiger partial charge on any atom is -0.497 e. The molecule has 0 radical (unpaired) electrons. The van der Waals surface area contributed by atoms with Crippen LogP contribution < -0.4 is 29.7 Å². The Hall–Kier alpha value is -3.49. The smallest absolute Gasteiger partial charge is 0.236 e. The number of hydrogen-bond donors (Lipinski definition) is 2. The quantitative estimate of drug-likeness (QED) is 0.411. The van der Waals surface area contributed by atoms with Crippen molar-refractivity contribution in [3.05, 3.63) is 77.3 Å². The molecule has 7 nitrogen and oxygen atoms in total. The lowest BCUT2D eigenvalue weighted by molar-refractivity contribution is -0.130. The molecule has 1 fully saturated rings. The van der Waals surface area contributed by atoms with E-state index in [1.807, 2.05) is 49.1 Å². The first kappa shape index (κ1) is 24.2. The van der Waals surface area contributed by atoms with E-state index >= 15 is 0 Å². The number of ether oxygens (including phenoxy) is 3. The summed E-state index contributed by atoms with van der Waals surface area (Å²) in [5.41, 5.74) is 1.04. The summed E-state index contributed by atoms with van der Waals surface area (Å²) in [5, 5.41) is 7.50. The molecule has 2 bridgehead atoms. The number of methoxy groups -OCH3 is 1. The molecule has 186 valence electrons. The number of nitrogens with zero attached hydrogens (tertiary/aromatic N) is 1. The number of hydrogen-bond acceptors (Lipinski definition) is 5. The summed E-state index contributed by atoms with van der Waals surface area (Å²) in [6, 6.07) is 19.7. The van der Waals surface area contributed by atoms with Gasteiger partial charge in [-0.25, -0.2) is 0 Å². The van der Waals surface area contributed by atoms with E-state index in [2.05, 4.69) is 10.6 Å². The molecule has 2 N–H and O–H groups in total. The van der Waals surface area contributed by atoms with Gasteiger partial charge in [0.2, 0.25) is 5.91 Å². The van der Waals surface area contributed by atoms with E-state index in [0.29, 0.717) is 39.7 Å². The Morgan fingerprint density at radius 1 is 1.17 bits per heavy atom. The number of anilines is 2. The lowest BCUT2D eigenvalue weighted by Gasteiger charge is -2.56. The van der Waals surface area contributed by atoms with Gasteiger partial charge < -0.3 is 24.8 Å². The van der Waals surface area contributed by atoms with E-state index in [-0.39, 0.29) is 5.91 Å². The minimum absolute atomic E-state index is 0.214. The number of carbonyl (C=O) groups is 1. The van der Waals surface area contributed by atoms with Crippen LogP contribution in [0.2, 0.25) is 5.02 Å². The zero-order chi connectivity index (χ0) is 25.4. The Morgan fingerprint density at radius 3 is 2.56 bits per heavy atom. The molecular weight excluding hydrogens is 498 g/mol. The fourth-order valence-electron chi connectivity index (χ4n) is 4.91. The number of thiocarbonyl (C=S) groups is 1. The average molecular weight is 524 g/mol. The average Bonchev–Trinajstić information content (AvgIpc) is 2.86. The maximum atomic E-state index is 13.9. The van der Waals surface area contributed by atoms with Gasteiger partial charge in [0.05, 0.1) is 19.8 Å². The van der Waals surface area contributed by atoms with Gasteiger partial charge in [-0.15, -0.1) is 0 Å². The van der Waals surface area contributed by atoms with Crippen molar-refractivity contribution in [3.8, 4) is 17.2 Å². The summed E-state index contributed by atoms with van der Waals surface area (Å²) in [7, 11) is 1.60. The first-order chi connectivity index (χ1) is 17.4. The predicted molar refractivity (Wildman–Crippen MR) is 144 cm³/mol. The zero-order valence-electron chi connectivity index (χ0n) is 20.1. The van der Waals surface area contributed by atoms with Gasteiger partial charge in [-0.05, 0) is 80.7 Å². The number of fused-ring (bicyclic) bond motifs is 4. The number of amides is 1. The number of para-hydroxylation sites is 1. The molecule has 36 heavy (non-hydrogen) atoms. The fraction of sp³-hybridized carbons (Fsp3) is 0.259. The van der Waals surface area contributed by atoms with Crippen molar-refractivity contribution in [3.63, 3.8) is 0 Å². The van der Waals surface area contributed by atoms with Gasteiger partial charge in [0.1, 0.15) is 11.7 Å². The van der Waals surface area contributed by atoms with E-state index in [0.717, 1.165) is 11.3 Å². The van der Waals surface area contributed by atoms with E-state index in [1.54, 1.807) is 43.5 Å². The highest BCUT2D eigenvalue weighted by molar-refractivity contribution is 7.80. The summed E-state index contributed by atoms with van der Waals surface area (Å²) < 4.78 is 17.8. The Morgan fingerprint density at radius 2 is 1.89 bits per heavy atom. The van der Waals surface area contributed by atoms with Gasteiger partial charge in [-0.1, -0.05) is 23.7 Å². The molecule has 9 heteroatoms. The topological polar surface area (TPSA) is 72.1 Å². The first-order valence-corrected chi connectivity index (χ1v) is 12.4. The third kappa shape index (κ3) is 4.10. The number of carbonyl (C=O) groups excluding carboxylic acids is 1. The number of halogens is 1. The summed E-state index contributed by atoms with van der Waals surface area (Å²) in [4.78, 5) is 15.7. The van der Waals surface area contributed by atoms with Crippen molar-refractivity contribution < 1.29 is 19.0 Å². The van der Waals surface area contributed by atoms with Crippen LogP contribution >= 0.6 is 23.8 Å². The normalized spacial score (nSPS) is 22.1.